The fraction of sp³-hybridized carbons (Fsp3) is 1.00. The van der Waals surface area contributed by atoms with Crippen molar-refractivity contribution in [2.45, 2.75) is 38.2 Å². The van der Waals surface area contributed by atoms with Crippen molar-refractivity contribution >= 4 is 0 Å². The van der Waals surface area contributed by atoms with Crippen LogP contribution < -0.4 is 11.1 Å². The second kappa shape index (κ2) is 6.35. The van der Waals surface area contributed by atoms with Crippen molar-refractivity contribution in [3.05, 3.63) is 0 Å². The molecular weight excluding hydrogens is 164 g/mol. The topological polar surface area (TPSA) is 58.3 Å². The number of hydrogen-bond donors (Lipinski definition) is 3. The lowest BCUT2D eigenvalue weighted by Crippen LogP contribution is -2.35. The Kier molecular flexibility index (Phi) is 5.35. The molecular formula is C10H22N2O. The normalized spacial score (nSPS) is 21.7. The molecule has 0 aromatic heterocycles. The van der Waals surface area contributed by atoms with E-state index in [4.69, 9.17) is 5.73 Å². The molecule has 1 fully saturated rings. The van der Waals surface area contributed by atoms with E-state index in [-0.39, 0.29) is 6.10 Å². The third-order valence-electron chi connectivity index (χ3n) is 2.81. The van der Waals surface area contributed by atoms with Crippen molar-refractivity contribution in [2.24, 2.45) is 11.7 Å². The van der Waals surface area contributed by atoms with Gasteiger partial charge in [0.15, 0.2) is 0 Å². The first-order chi connectivity index (χ1) is 6.33. The monoisotopic (exact) mass is 186 g/mol. The maximum absolute atomic E-state index is 9.20. The fourth-order valence-electron chi connectivity index (χ4n) is 1.93. The summed E-state index contributed by atoms with van der Waals surface area (Å²) in [5.74, 6) is 0.832. The molecule has 0 heterocycles. The van der Waals surface area contributed by atoms with Crippen LogP contribution in [0.15, 0.2) is 0 Å². The van der Waals surface area contributed by atoms with Crippen LogP contribution in [0.2, 0.25) is 0 Å². The van der Waals surface area contributed by atoms with Gasteiger partial charge in [0.2, 0.25) is 0 Å². The van der Waals surface area contributed by atoms with Gasteiger partial charge in [0.1, 0.15) is 0 Å². The number of nitrogens with one attached hydrogen (secondary N) is 1. The van der Waals surface area contributed by atoms with Gasteiger partial charge in [-0.3, -0.25) is 0 Å². The van der Waals surface area contributed by atoms with Gasteiger partial charge in [-0.15, -0.1) is 0 Å². The molecule has 1 aliphatic rings. The molecule has 4 N–H and O–H groups in total. The second-order valence-electron chi connectivity index (χ2n) is 4.05. The molecule has 0 saturated heterocycles. The van der Waals surface area contributed by atoms with E-state index in [0.29, 0.717) is 13.1 Å². The Morgan fingerprint density at radius 1 is 1.31 bits per heavy atom. The minimum absolute atomic E-state index is 0.359. The first-order valence-electron chi connectivity index (χ1n) is 5.41. The Morgan fingerprint density at radius 3 is 2.62 bits per heavy atom. The minimum atomic E-state index is -0.372. The van der Waals surface area contributed by atoms with Crippen LogP contribution in [-0.4, -0.2) is 30.8 Å². The van der Waals surface area contributed by atoms with E-state index in [1.807, 2.05) is 0 Å². The summed E-state index contributed by atoms with van der Waals surface area (Å²) >= 11 is 0. The van der Waals surface area contributed by atoms with Crippen molar-refractivity contribution in [1.82, 2.24) is 5.32 Å². The molecule has 1 aliphatic carbocycles. The number of nitrogens with two attached hydrogens (primary N) is 1. The first kappa shape index (κ1) is 11.0. The summed E-state index contributed by atoms with van der Waals surface area (Å²) in [7, 11) is 0. The Labute approximate surface area is 80.7 Å². The zero-order valence-corrected chi connectivity index (χ0v) is 8.34. The van der Waals surface area contributed by atoms with Crippen LogP contribution in [0.25, 0.3) is 0 Å². The zero-order valence-electron chi connectivity index (χ0n) is 8.34. The summed E-state index contributed by atoms with van der Waals surface area (Å²) < 4.78 is 0. The maximum atomic E-state index is 9.20. The van der Waals surface area contributed by atoms with Crippen LogP contribution in [-0.2, 0) is 0 Å². The van der Waals surface area contributed by atoms with E-state index < -0.39 is 0 Å². The van der Waals surface area contributed by atoms with Crippen LogP contribution in [0.4, 0.5) is 0 Å². The third kappa shape index (κ3) is 4.60. The summed E-state index contributed by atoms with van der Waals surface area (Å²) in [6.07, 6.45) is 6.50. The number of hydrogen-bond acceptors (Lipinski definition) is 3. The molecule has 0 aromatic carbocycles. The van der Waals surface area contributed by atoms with Gasteiger partial charge < -0.3 is 16.2 Å². The van der Waals surface area contributed by atoms with Gasteiger partial charge in [-0.25, -0.2) is 0 Å². The summed E-state index contributed by atoms with van der Waals surface area (Å²) in [6, 6.07) is 0. The Bertz CT molecular complexity index is 124. The van der Waals surface area contributed by atoms with Crippen LogP contribution in [0.5, 0.6) is 0 Å². The maximum Gasteiger partial charge on any atom is 0.0786 e. The second-order valence-corrected chi connectivity index (χ2v) is 4.05. The lowest BCUT2D eigenvalue weighted by Gasteiger charge is -2.22. The molecule has 1 saturated carbocycles. The highest BCUT2D eigenvalue weighted by molar-refractivity contribution is 4.69. The Hall–Kier alpha value is -0.120. The van der Waals surface area contributed by atoms with Crippen molar-refractivity contribution in [1.29, 1.82) is 0 Å². The van der Waals surface area contributed by atoms with Crippen LogP contribution in [0.3, 0.4) is 0 Å². The highest BCUT2D eigenvalue weighted by atomic mass is 16.3. The van der Waals surface area contributed by atoms with Crippen molar-refractivity contribution < 1.29 is 5.11 Å². The standard InChI is InChI=1S/C10H22N2O/c11-6-10(13)8-12-7-9-4-2-1-3-5-9/h9-10,12-13H,1-8,11H2. The molecule has 3 nitrogen and oxygen atoms in total. The molecule has 1 atom stereocenters. The quantitative estimate of drug-likeness (QED) is 0.585. The number of aliphatic hydroxyl groups is 1. The van der Waals surface area contributed by atoms with Gasteiger partial charge in [-0.1, -0.05) is 19.3 Å². The van der Waals surface area contributed by atoms with E-state index in [1.54, 1.807) is 0 Å². The third-order valence-corrected chi connectivity index (χ3v) is 2.81. The largest absolute Gasteiger partial charge is 0.390 e. The van der Waals surface area contributed by atoms with E-state index in [0.717, 1.165) is 12.5 Å². The molecule has 13 heavy (non-hydrogen) atoms. The predicted octanol–water partition coefficient (Wildman–Crippen LogP) is 0.476. The lowest BCUT2D eigenvalue weighted by atomic mass is 9.89. The highest BCUT2D eigenvalue weighted by Gasteiger charge is 2.12. The van der Waals surface area contributed by atoms with Gasteiger partial charge in [0.25, 0.3) is 0 Å². The molecule has 0 amide bonds. The smallest absolute Gasteiger partial charge is 0.0786 e. The van der Waals surface area contributed by atoms with Gasteiger partial charge in [-0.2, -0.15) is 0 Å². The van der Waals surface area contributed by atoms with Crippen LogP contribution >= 0.6 is 0 Å². The molecule has 0 spiro atoms. The highest BCUT2D eigenvalue weighted by Crippen LogP contribution is 2.22. The summed E-state index contributed by atoms with van der Waals surface area (Å²) in [5.41, 5.74) is 5.30. The SMILES string of the molecule is NCC(O)CNCC1CCCCC1. The average molecular weight is 186 g/mol. The summed E-state index contributed by atoms with van der Waals surface area (Å²) in [6.45, 7) is 2.06. The Balaban J connectivity index is 1.98. The fourth-order valence-corrected chi connectivity index (χ4v) is 1.93. The van der Waals surface area contributed by atoms with Crippen LogP contribution in [0.1, 0.15) is 32.1 Å². The van der Waals surface area contributed by atoms with Gasteiger partial charge in [-0.05, 0) is 25.3 Å². The zero-order chi connectivity index (χ0) is 9.52. The summed E-state index contributed by atoms with van der Waals surface area (Å²) in [5, 5.41) is 12.5. The van der Waals surface area contributed by atoms with Crippen molar-refractivity contribution in [3.63, 3.8) is 0 Å². The predicted molar refractivity (Wildman–Crippen MR) is 54.5 cm³/mol. The number of rotatable bonds is 5. The number of aliphatic hydroxyl groups excluding tert-OH is 1. The molecule has 1 rings (SSSR count). The van der Waals surface area contributed by atoms with Gasteiger partial charge >= 0.3 is 0 Å². The van der Waals surface area contributed by atoms with E-state index in [1.165, 1.54) is 32.1 Å². The molecule has 0 aliphatic heterocycles. The molecule has 0 aromatic rings. The Morgan fingerprint density at radius 2 is 2.00 bits per heavy atom. The summed E-state index contributed by atoms with van der Waals surface area (Å²) in [4.78, 5) is 0. The minimum Gasteiger partial charge on any atom is -0.390 e. The first-order valence-corrected chi connectivity index (χ1v) is 5.41. The molecule has 78 valence electrons. The van der Waals surface area contributed by atoms with Gasteiger partial charge in [0.05, 0.1) is 6.10 Å². The van der Waals surface area contributed by atoms with Crippen molar-refractivity contribution in [2.75, 3.05) is 19.6 Å². The molecule has 1 unspecified atom stereocenters. The van der Waals surface area contributed by atoms with E-state index in [2.05, 4.69) is 5.32 Å². The van der Waals surface area contributed by atoms with Crippen LogP contribution in [0, 0.1) is 5.92 Å². The lowest BCUT2D eigenvalue weighted by molar-refractivity contribution is 0.175. The van der Waals surface area contributed by atoms with E-state index >= 15 is 0 Å². The van der Waals surface area contributed by atoms with Crippen molar-refractivity contribution in [3.8, 4) is 0 Å². The molecule has 3 heteroatoms. The molecule has 0 bridgehead atoms. The molecule has 0 radical (unpaired) electrons. The van der Waals surface area contributed by atoms with Gasteiger partial charge in [0, 0.05) is 13.1 Å². The average Bonchev–Trinajstić information content (AvgIpc) is 2.19. The van der Waals surface area contributed by atoms with E-state index in [9.17, 15) is 5.11 Å².